The van der Waals surface area contributed by atoms with Gasteiger partial charge in [-0.2, -0.15) is 0 Å². The maximum Gasteiger partial charge on any atom is 0.262 e. The molecule has 0 unspecified atom stereocenters. The zero-order chi connectivity index (χ0) is 20.8. The van der Waals surface area contributed by atoms with Crippen LogP contribution in [0, 0.1) is 6.92 Å². The summed E-state index contributed by atoms with van der Waals surface area (Å²) in [7, 11) is 1.59. The largest absolute Gasteiger partial charge is 0.495 e. The van der Waals surface area contributed by atoms with Crippen LogP contribution in [0.4, 0.5) is 0 Å². The van der Waals surface area contributed by atoms with Crippen LogP contribution in [-0.4, -0.2) is 27.9 Å². The van der Waals surface area contributed by atoms with Crippen molar-refractivity contribution in [1.82, 2.24) is 14.9 Å². The lowest BCUT2D eigenvalue weighted by Crippen LogP contribution is -2.22. The number of nitrogens with one attached hydrogen (secondary N) is 1. The Morgan fingerprint density at radius 1 is 1.24 bits per heavy atom. The molecule has 1 amide bonds. The van der Waals surface area contributed by atoms with E-state index in [0.29, 0.717) is 16.7 Å². The zero-order valence-electron chi connectivity index (χ0n) is 15.7. The number of thioether (sulfide) groups is 1. The third-order valence-electron chi connectivity index (χ3n) is 3.88. The second-order valence-corrected chi connectivity index (χ2v) is 8.67. The highest BCUT2D eigenvalue weighted by Gasteiger charge is 2.12. The summed E-state index contributed by atoms with van der Waals surface area (Å²) in [5, 5.41) is 8.85. The second kappa shape index (κ2) is 10.1. The van der Waals surface area contributed by atoms with E-state index in [1.807, 2.05) is 42.5 Å². The first-order valence-electron chi connectivity index (χ1n) is 8.58. The summed E-state index contributed by atoms with van der Waals surface area (Å²) in [5.41, 5.74) is 4.75. The van der Waals surface area contributed by atoms with E-state index in [2.05, 4.69) is 47.5 Å². The third kappa shape index (κ3) is 5.71. The van der Waals surface area contributed by atoms with Crippen molar-refractivity contribution < 1.29 is 9.53 Å². The van der Waals surface area contributed by atoms with E-state index in [4.69, 9.17) is 4.74 Å². The van der Waals surface area contributed by atoms with Crippen LogP contribution in [0.5, 0.6) is 5.75 Å². The molecule has 0 fully saturated rings. The number of rotatable bonds is 7. The molecule has 2 aromatic carbocycles. The fraction of sp³-hybridized carbons (Fsp3) is 0.150. The molecule has 1 heterocycles. The number of aryl methyl sites for hydroxylation is 1. The Hall–Kier alpha value is -2.10. The van der Waals surface area contributed by atoms with E-state index in [-0.39, 0.29) is 5.91 Å². The van der Waals surface area contributed by atoms with Crippen LogP contribution in [0.2, 0.25) is 0 Å². The van der Waals surface area contributed by atoms with Crippen LogP contribution in [0.15, 0.2) is 62.6 Å². The van der Waals surface area contributed by atoms with Gasteiger partial charge in [-0.25, -0.2) is 4.68 Å². The van der Waals surface area contributed by atoms with Crippen molar-refractivity contribution in [2.45, 2.75) is 17.8 Å². The van der Waals surface area contributed by atoms with Crippen LogP contribution in [-0.2, 0) is 10.5 Å². The van der Waals surface area contributed by atoms with Gasteiger partial charge in [-0.15, -0.1) is 10.2 Å². The number of carbonyl (C=O) groups is 1. The molecule has 150 valence electrons. The highest BCUT2D eigenvalue weighted by molar-refractivity contribution is 9.11. The summed E-state index contributed by atoms with van der Waals surface area (Å²) in [4.78, 5) is 12.5. The van der Waals surface area contributed by atoms with Gasteiger partial charge in [-0.05, 0) is 46.6 Å². The van der Waals surface area contributed by atoms with Gasteiger partial charge in [0.05, 0.1) is 11.6 Å². The molecule has 0 aliphatic carbocycles. The van der Waals surface area contributed by atoms with Crippen LogP contribution in [0.3, 0.4) is 0 Å². The summed E-state index contributed by atoms with van der Waals surface area (Å²) in [6.45, 7) is 1.79. The quantitative estimate of drug-likeness (QED) is 0.331. The average Bonchev–Trinajstić information content (AvgIpc) is 3.04. The first kappa shape index (κ1) is 21.6. The summed E-state index contributed by atoms with van der Waals surface area (Å²) < 4.78 is 8.66. The highest BCUT2D eigenvalue weighted by Crippen LogP contribution is 2.33. The molecule has 29 heavy (non-hydrogen) atoms. The number of amides is 1. The zero-order valence-corrected chi connectivity index (χ0v) is 19.7. The lowest BCUT2D eigenvalue weighted by Gasteiger charge is -2.09. The smallest absolute Gasteiger partial charge is 0.262 e. The van der Waals surface area contributed by atoms with E-state index < -0.39 is 0 Å². The van der Waals surface area contributed by atoms with E-state index in [9.17, 15) is 4.79 Å². The van der Waals surface area contributed by atoms with Gasteiger partial charge in [-0.1, -0.05) is 58.0 Å². The molecule has 3 rings (SSSR count). The molecule has 0 saturated heterocycles. The minimum atomic E-state index is -0.299. The van der Waals surface area contributed by atoms with E-state index in [1.54, 1.807) is 24.8 Å². The van der Waals surface area contributed by atoms with Crippen molar-refractivity contribution in [2.75, 3.05) is 12.5 Å². The number of hydrogen-bond acceptors (Lipinski definition) is 5. The molecule has 1 N–H and O–H groups in total. The fourth-order valence-electron chi connectivity index (χ4n) is 2.52. The van der Waals surface area contributed by atoms with Gasteiger partial charge in [0.25, 0.3) is 5.91 Å². The maximum atomic E-state index is 12.5. The van der Waals surface area contributed by atoms with Crippen molar-refractivity contribution in [3.8, 4) is 5.75 Å². The minimum Gasteiger partial charge on any atom is -0.495 e. The lowest BCUT2D eigenvalue weighted by molar-refractivity contribution is -0.112. The Labute approximate surface area is 190 Å². The molecule has 1 aromatic heterocycles. The molecule has 0 aliphatic heterocycles. The summed E-state index contributed by atoms with van der Waals surface area (Å²) in [6.07, 6.45) is 3.14. The maximum absolute atomic E-state index is 12.5. The molecule has 0 aliphatic rings. The molecule has 6 nitrogen and oxygen atoms in total. The molecule has 0 spiro atoms. The van der Waals surface area contributed by atoms with Crippen LogP contribution < -0.4 is 10.2 Å². The van der Waals surface area contributed by atoms with Crippen LogP contribution in [0.25, 0.3) is 6.08 Å². The Morgan fingerprint density at radius 3 is 2.72 bits per heavy atom. The Bertz CT molecular complexity index is 1040. The van der Waals surface area contributed by atoms with E-state index >= 15 is 0 Å². The summed E-state index contributed by atoms with van der Waals surface area (Å²) in [5.74, 6) is 1.68. The third-order valence-corrected chi connectivity index (χ3v) is 5.93. The topological polar surface area (TPSA) is 69.0 Å². The van der Waals surface area contributed by atoms with Gasteiger partial charge < -0.3 is 4.74 Å². The summed E-state index contributed by atoms with van der Waals surface area (Å²) in [6, 6.07) is 13.8. The summed E-state index contributed by atoms with van der Waals surface area (Å²) >= 11 is 8.41. The Balaban J connectivity index is 1.71. The molecule has 9 heteroatoms. The van der Waals surface area contributed by atoms with Crippen molar-refractivity contribution in [3.63, 3.8) is 0 Å². The highest BCUT2D eigenvalue weighted by atomic mass is 79.9. The normalized spacial score (nSPS) is 11.0. The standard InChI is InChI=1S/C20H18Br2N4O2S/c1-13-23-24-20(29-12-14-6-4-3-5-7-14)26(13)25-18(27)9-8-15-10-16(21)11-17(22)19(15)28-2/h3-11H,12H2,1-2H3,(H,25,27). The predicted octanol–water partition coefficient (Wildman–Crippen LogP) is 5.20. The average molecular weight is 538 g/mol. The molecular weight excluding hydrogens is 520 g/mol. The van der Waals surface area contributed by atoms with Gasteiger partial charge in [0.15, 0.2) is 0 Å². The van der Waals surface area contributed by atoms with E-state index in [0.717, 1.165) is 20.3 Å². The SMILES string of the molecule is COc1c(Br)cc(Br)cc1C=CC(=O)Nn1c(C)nnc1SCc1ccccc1. The van der Waals surface area contributed by atoms with Gasteiger partial charge in [0.2, 0.25) is 5.16 Å². The van der Waals surface area contributed by atoms with Gasteiger partial charge >= 0.3 is 0 Å². The first-order chi connectivity index (χ1) is 14.0. The van der Waals surface area contributed by atoms with Crippen molar-refractivity contribution >= 4 is 55.6 Å². The predicted molar refractivity (Wildman–Crippen MR) is 123 cm³/mol. The Kier molecular flexibility index (Phi) is 7.51. The molecule has 0 radical (unpaired) electrons. The number of halogens is 2. The van der Waals surface area contributed by atoms with Crippen molar-refractivity contribution in [2.24, 2.45) is 0 Å². The number of ether oxygens (including phenoxy) is 1. The number of carbonyl (C=O) groups excluding carboxylic acids is 1. The van der Waals surface area contributed by atoms with Gasteiger partial charge in [-0.3, -0.25) is 10.2 Å². The second-order valence-electron chi connectivity index (χ2n) is 5.96. The van der Waals surface area contributed by atoms with Crippen LogP contribution in [0.1, 0.15) is 17.0 Å². The van der Waals surface area contributed by atoms with Gasteiger partial charge in [0, 0.05) is 21.9 Å². The molecular formula is C20H18Br2N4O2S. The number of hydrogen-bond donors (Lipinski definition) is 1. The molecule has 0 bridgehead atoms. The lowest BCUT2D eigenvalue weighted by atomic mass is 10.2. The van der Waals surface area contributed by atoms with Crippen LogP contribution >= 0.6 is 43.6 Å². The molecule has 3 aromatic rings. The van der Waals surface area contributed by atoms with Crippen molar-refractivity contribution in [3.05, 3.63) is 74.4 Å². The fourth-order valence-corrected chi connectivity index (χ4v) is 4.83. The number of aromatic nitrogens is 3. The first-order valence-corrected chi connectivity index (χ1v) is 11.2. The number of nitrogens with zero attached hydrogens (tertiary/aromatic N) is 3. The number of methoxy groups -OCH3 is 1. The molecule has 0 atom stereocenters. The number of benzene rings is 2. The van der Waals surface area contributed by atoms with E-state index in [1.165, 1.54) is 23.4 Å². The molecule has 0 saturated carbocycles. The minimum absolute atomic E-state index is 0.299. The van der Waals surface area contributed by atoms with Gasteiger partial charge in [0.1, 0.15) is 11.6 Å². The monoisotopic (exact) mass is 536 g/mol. The van der Waals surface area contributed by atoms with Crippen molar-refractivity contribution in [1.29, 1.82) is 0 Å². The Morgan fingerprint density at radius 2 is 2.00 bits per heavy atom.